The number of rotatable bonds is 5. The Morgan fingerprint density at radius 2 is 2.12 bits per heavy atom. The number of anilines is 1. The van der Waals surface area contributed by atoms with Crippen molar-refractivity contribution in [3.8, 4) is 11.3 Å². The standard InChI is InChI=1S/C18H22N6/c1-4-5-6-7-15(2)13-24-14-16(10-22-24)17-11-20-12-18(19)21-8-9-23(17)3/h4-12,14H,2,13H2,1,3H3,(H2,19,21)/b5-4-,7-6-,9-8?,17-11?,20-12?. The van der Waals surface area contributed by atoms with Crippen LogP contribution in [0.3, 0.4) is 0 Å². The summed E-state index contributed by atoms with van der Waals surface area (Å²) < 4.78 is 3.76. The Morgan fingerprint density at radius 1 is 1.29 bits per heavy atom. The zero-order valence-corrected chi connectivity index (χ0v) is 14.0. The van der Waals surface area contributed by atoms with Gasteiger partial charge in [-0.25, -0.2) is 4.98 Å². The average molecular weight is 322 g/mol. The van der Waals surface area contributed by atoms with E-state index in [1.54, 1.807) is 18.6 Å². The van der Waals surface area contributed by atoms with Crippen LogP contribution in [0.5, 0.6) is 0 Å². The molecule has 0 amide bonds. The predicted octanol–water partition coefficient (Wildman–Crippen LogP) is 3.07. The van der Waals surface area contributed by atoms with E-state index in [0.717, 1.165) is 16.8 Å². The quantitative estimate of drug-likeness (QED) is 0.859. The molecule has 0 saturated carbocycles. The van der Waals surface area contributed by atoms with E-state index >= 15 is 0 Å². The van der Waals surface area contributed by atoms with Crippen LogP contribution in [0.25, 0.3) is 11.3 Å². The summed E-state index contributed by atoms with van der Waals surface area (Å²) >= 11 is 0. The molecule has 0 aromatic carbocycles. The summed E-state index contributed by atoms with van der Waals surface area (Å²) in [6.45, 7) is 6.64. The van der Waals surface area contributed by atoms with Crippen molar-refractivity contribution in [2.24, 2.45) is 7.05 Å². The molecule has 124 valence electrons. The Kier molecular flexibility index (Phi) is 6.08. The summed E-state index contributed by atoms with van der Waals surface area (Å²) in [4.78, 5) is 8.25. The number of hydrogen-bond donors (Lipinski definition) is 1. The first-order valence-electron chi connectivity index (χ1n) is 7.56. The van der Waals surface area contributed by atoms with E-state index < -0.39 is 0 Å². The van der Waals surface area contributed by atoms with E-state index in [1.807, 2.05) is 59.9 Å². The number of allylic oxidation sites excluding steroid dienone is 5. The number of nitrogen functional groups attached to an aromatic ring is 1. The molecule has 2 aromatic heterocycles. The van der Waals surface area contributed by atoms with Crippen LogP contribution >= 0.6 is 0 Å². The van der Waals surface area contributed by atoms with Gasteiger partial charge in [0.2, 0.25) is 0 Å². The monoisotopic (exact) mass is 322 g/mol. The summed E-state index contributed by atoms with van der Waals surface area (Å²) in [5.74, 6) is 0.358. The third kappa shape index (κ3) is 4.95. The lowest BCUT2D eigenvalue weighted by Crippen LogP contribution is -1.99. The van der Waals surface area contributed by atoms with Crippen molar-refractivity contribution >= 4 is 5.82 Å². The lowest BCUT2D eigenvalue weighted by molar-refractivity contribution is 0.687. The zero-order valence-electron chi connectivity index (χ0n) is 14.0. The molecule has 0 radical (unpaired) electrons. The first kappa shape index (κ1) is 17.2. The number of nitrogens with two attached hydrogens (primary N) is 1. The summed E-state index contributed by atoms with van der Waals surface area (Å²) in [6.07, 6.45) is 18.4. The van der Waals surface area contributed by atoms with Gasteiger partial charge >= 0.3 is 0 Å². The number of hydrogen-bond acceptors (Lipinski definition) is 4. The van der Waals surface area contributed by atoms with Gasteiger partial charge in [0.25, 0.3) is 0 Å². The van der Waals surface area contributed by atoms with Gasteiger partial charge in [-0.2, -0.15) is 5.10 Å². The molecule has 2 rings (SSSR count). The molecule has 0 atom stereocenters. The Bertz CT molecular complexity index is 808. The van der Waals surface area contributed by atoms with Gasteiger partial charge in [0.05, 0.1) is 30.8 Å². The van der Waals surface area contributed by atoms with E-state index in [0.29, 0.717) is 12.4 Å². The molecule has 0 fully saturated rings. The van der Waals surface area contributed by atoms with Crippen molar-refractivity contribution in [1.29, 1.82) is 0 Å². The van der Waals surface area contributed by atoms with E-state index in [-0.39, 0.29) is 0 Å². The lowest BCUT2D eigenvalue weighted by atomic mass is 10.2. The Hall–Kier alpha value is -3.15. The second-order valence-corrected chi connectivity index (χ2v) is 5.23. The third-order valence-electron chi connectivity index (χ3n) is 3.23. The highest BCUT2D eigenvalue weighted by atomic mass is 15.3. The lowest BCUT2D eigenvalue weighted by Gasteiger charge is -2.02. The Balaban J connectivity index is 2.26. The Labute approximate surface area is 142 Å². The predicted molar refractivity (Wildman–Crippen MR) is 97.4 cm³/mol. The molecule has 2 aromatic rings. The zero-order chi connectivity index (χ0) is 17.4. The van der Waals surface area contributed by atoms with Gasteiger partial charge in [0, 0.05) is 31.2 Å². The fourth-order valence-corrected chi connectivity index (χ4v) is 2.03. The summed E-state index contributed by atoms with van der Waals surface area (Å²) in [5, 5.41) is 4.39. The van der Waals surface area contributed by atoms with E-state index in [2.05, 4.69) is 21.6 Å². The molecular weight excluding hydrogens is 300 g/mol. The van der Waals surface area contributed by atoms with Crippen LogP contribution in [0.4, 0.5) is 5.82 Å². The molecular formula is C18H22N6. The minimum Gasteiger partial charge on any atom is -0.382 e. The van der Waals surface area contributed by atoms with Crippen LogP contribution in [-0.4, -0.2) is 24.3 Å². The summed E-state index contributed by atoms with van der Waals surface area (Å²) in [5.41, 5.74) is 8.49. The number of aromatic nitrogens is 5. The van der Waals surface area contributed by atoms with Gasteiger partial charge in [-0.3, -0.25) is 9.67 Å². The molecule has 0 saturated heterocycles. The van der Waals surface area contributed by atoms with Gasteiger partial charge < -0.3 is 10.3 Å². The normalized spacial score (nSPS) is 11.1. The minimum atomic E-state index is 0.358. The highest BCUT2D eigenvalue weighted by Crippen LogP contribution is 2.16. The SMILES string of the molecule is C=C(/C=C\C=C/C)Cn1cc(-c2cncc(N)nccn2C)cn1. The fraction of sp³-hybridized carbons (Fsp3) is 0.167. The molecule has 24 heavy (non-hydrogen) atoms. The van der Waals surface area contributed by atoms with Gasteiger partial charge in [-0.15, -0.1) is 0 Å². The molecule has 0 bridgehead atoms. The van der Waals surface area contributed by atoms with Crippen molar-refractivity contribution in [3.63, 3.8) is 0 Å². The molecule has 2 heterocycles. The van der Waals surface area contributed by atoms with E-state index in [1.165, 1.54) is 6.20 Å². The second kappa shape index (κ2) is 8.47. The van der Waals surface area contributed by atoms with Crippen LogP contribution < -0.4 is 5.73 Å². The molecule has 6 nitrogen and oxygen atoms in total. The summed E-state index contributed by atoms with van der Waals surface area (Å²) in [6, 6.07) is 0. The van der Waals surface area contributed by atoms with E-state index in [4.69, 9.17) is 5.73 Å². The summed E-state index contributed by atoms with van der Waals surface area (Å²) in [7, 11) is 1.92. The van der Waals surface area contributed by atoms with Crippen molar-refractivity contribution in [2.45, 2.75) is 13.5 Å². The molecule has 0 spiro atoms. The maximum absolute atomic E-state index is 5.68. The first-order chi connectivity index (χ1) is 11.6. The number of aryl methyl sites for hydroxylation is 1. The van der Waals surface area contributed by atoms with Crippen LogP contribution in [-0.2, 0) is 13.6 Å². The van der Waals surface area contributed by atoms with Gasteiger partial charge in [0.15, 0.2) is 0 Å². The van der Waals surface area contributed by atoms with Gasteiger partial charge in [-0.05, 0) is 12.5 Å². The maximum Gasteiger partial charge on any atom is 0.141 e. The third-order valence-corrected chi connectivity index (χ3v) is 3.23. The largest absolute Gasteiger partial charge is 0.382 e. The Morgan fingerprint density at radius 3 is 2.92 bits per heavy atom. The highest BCUT2D eigenvalue weighted by molar-refractivity contribution is 5.55. The van der Waals surface area contributed by atoms with Crippen LogP contribution in [0.2, 0.25) is 0 Å². The molecule has 0 aliphatic carbocycles. The van der Waals surface area contributed by atoms with E-state index in [9.17, 15) is 0 Å². The van der Waals surface area contributed by atoms with Gasteiger partial charge in [-0.1, -0.05) is 30.9 Å². The van der Waals surface area contributed by atoms with Crippen LogP contribution in [0, 0.1) is 0 Å². The maximum atomic E-state index is 5.68. The molecule has 0 aliphatic rings. The molecule has 0 aliphatic heterocycles. The molecule has 6 heteroatoms. The number of nitrogens with zero attached hydrogens (tertiary/aromatic N) is 5. The molecule has 0 unspecified atom stereocenters. The first-order valence-corrected chi connectivity index (χ1v) is 7.56. The highest BCUT2D eigenvalue weighted by Gasteiger charge is 2.04. The second-order valence-electron chi connectivity index (χ2n) is 5.23. The van der Waals surface area contributed by atoms with Gasteiger partial charge in [0.1, 0.15) is 5.82 Å². The fourth-order valence-electron chi connectivity index (χ4n) is 2.03. The van der Waals surface area contributed by atoms with Crippen molar-refractivity contribution in [3.05, 3.63) is 73.6 Å². The van der Waals surface area contributed by atoms with Crippen molar-refractivity contribution in [1.82, 2.24) is 24.3 Å². The topological polar surface area (TPSA) is 74.6 Å². The average Bonchev–Trinajstić information content (AvgIpc) is 3.01. The van der Waals surface area contributed by atoms with Crippen LogP contribution in [0.1, 0.15) is 6.92 Å². The molecule has 2 N–H and O–H groups in total. The van der Waals surface area contributed by atoms with Crippen LogP contribution in [0.15, 0.2) is 73.6 Å². The van der Waals surface area contributed by atoms with Crippen molar-refractivity contribution < 1.29 is 0 Å². The van der Waals surface area contributed by atoms with Crippen molar-refractivity contribution in [2.75, 3.05) is 5.73 Å². The smallest absolute Gasteiger partial charge is 0.141 e. The minimum absolute atomic E-state index is 0.358.